The smallest absolute Gasteiger partial charge is 0.320 e. The number of carbonyl (C=O) groups is 1. The van der Waals surface area contributed by atoms with E-state index < -0.39 is 12.0 Å². The number of benzene rings is 1. The van der Waals surface area contributed by atoms with Crippen LogP contribution in [0.1, 0.15) is 5.56 Å². The van der Waals surface area contributed by atoms with E-state index in [0.29, 0.717) is 6.42 Å². The summed E-state index contributed by atoms with van der Waals surface area (Å²) in [5, 5.41) is 8.87. The molecule has 1 aromatic heterocycles. The van der Waals surface area contributed by atoms with Crippen molar-refractivity contribution in [1.29, 1.82) is 0 Å². The molecule has 2 rings (SSSR count). The van der Waals surface area contributed by atoms with Gasteiger partial charge in [-0.3, -0.25) is 9.78 Å². The van der Waals surface area contributed by atoms with Crippen LogP contribution in [0.2, 0.25) is 0 Å². The summed E-state index contributed by atoms with van der Waals surface area (Å²) in [4.78, 5) is 14.8. The quantitative estimate of drug-likeness (QED) is 0.855. The van der Waals surface area contributed by atoms with E-state index in [1.54, 1.807) is 12.4 Å². The van der Waals surface area contributed by atoms with Crippen molar-refractivity contribution < 1.29 is 9.90 Å². The van der Waals surface area contributed by atoms with Gasteiger partial charge < -0.3 is 10.8 Å². The average Bonchev–Trinajstić information content (AvgIpc) is 2.40. The molecule has 92 valence electrons. The Bertz CT molecular complexity index is 541. The normalized spacial score (nSPS) is 12.1. The van der Waals surface area contributed by atoms with Crippen molar-refractivity contribution in [2.24, 2.45) is 5.73 Å². The Morgan fingerprint density at radius 2 is 1.89 bits per heavy atom. The summed E-state index contributed by atoms with van der Waals surface area (Å²) in [6, 6.07) is 10.6. The molecule has 0 bridgehead atoms. The molecule has 4 heteroatoms. The van der Waals surface area contributed by atoms with E-state index in [9.17, 15) is 4.79 Å². The largest absolute Gasteiger partial charge is 0.480 e. The highest BCUT2D eigenvalue weighted by Crippen LogP contribution is 2.23. The lowest BCUT2D eigenvalue weighted by Crippen LogP contribution is -2.32. The number of rotatable bonds is 4. The minimum absolute atomic E-state index is 0.313. The van der Waals surface area contributed by atoms with E-state index in [2.05, 4.69) is 4.98 Å². The SMILES string of the molecule is N[C@@H](Cc1ccccc1-c1ccncc1)C(=O)O. The molecule has 0 fully saturated rings. The fourth-order valence-corrected chi connectivity index (χ4v) is 1.84. The minimum Gasteiger partial charge on any atom is -0.480 e. The maximum atomic E-state index is 10.8. The predicted molar refractivity (Wildman–Crippen MR) is 69.0 cm³/mol. The van der Waals surface area contributed by atoms with Gasteiger partial charge in [0.2, 0.25) is 0 Å². The summed E-state index contributed by atoms with van der Waals surface area (Å²) in [5.74, 6) is -0.987. The summed E-state index contributed by atoms with van der Waals surface area (Å²) < 4.78 is 0. The minimum atomic E-state index is -0.987. The third-order valence-electron chi connectivity index (χ3n) is 2.77. The molecule has 0 saturated heterocycles. The molecule has 0 radical (unpaired) electrons. The molecule has 3 N–H and O–H groups in total. The van der Waals surface area contributed by atoms with Crippen LogP contribution in [-0.2, 0) is 11.2 Å². The molecule has 0 spiro atoms. The van der Waals surface area contributed by atoms with Crippen molar-refractivity contribution >= 4 is 5.97 Å². The molecule has 0 aliphatic rings. The van der Waals surface area contributed by atoms with Crippen molar-refractivity contribution in [3.8, 4) is 11.1 Å². The van der Waals surface area contributed by atoms with Gasteiger partial charge in [0.25, 0.3) is 0 Å². The lowest BCUT2D eigenvalue weighted by atomic mass is 9.96. The molecule has 4 nitrogen and oxygen atoms in total. The van der Waals surface area contributed by atoms with Crippen LogP contribution in [0.15, 0.2) is 48.8 Å². The number of pyridine rings is 1. The van der Waals surface area contributed by atoms with Gasteiger partial charge in [-0.2, -0.15) is 0 Å². The number of carboxylic acid groups (broad SMARTS) is 1. The van der Waals surface area contributed by atoms with Gasteiger partial charge >= 0.3 is 5.97 Å². The number of hydrogen-bond acceptors (Lipinski definition) is 3. The maximum absolute atomic E-state index is 10.8. The van der Waals surface area contributed by atoms with E-state index in [4.69, 9.17) is 10.8 Å². The van der Waals surface area contributed by atoms with Crippen LogP contribution in [0, 0.1) is 0 Å². The second-order valence-corrected chi connectivity index (χ2v) is 4.04. The fourth-order valence-electron chi connectivity index (χ4n) is 1.84. The average molecular weight is 242 g/mol. The highest BCUT2D eigenvalue weighted by atomic mass is 16.4. The number of aliphatic carboxylic acids is 1. The van der Waals surface area contributed by atoms with E-state index in [-0.39, 0.29) is 0 Å². The first-order valence-electron chi connectivity index (χ1n) is 5.65. The van der Waals surface area contributed by atoms with Crippen LogP contribution in [0.25, 0.3) is 11.1 Å². The van der Waals surface area contributed by atoms with Gasteiger partial charge in [0, 0.05) is 12.4 Å². The maximum Gasteiger partial charge on any atom is 0.320 e. The number of aromatic nitrogens is 1. The van der Waals surface area contributed by atoms with Gasteiger partial charge in [0.05, 0.1) is 0 Å². The Hall–Kier alpha value is -2.20. The van der Waals surface area contributed by atoms with Crippen LogP contribution < -0.4 is 5.73 Å². The van der Waals surface area contributed by atoms with Crippen LogP contribution in [0.5, 0.6) is 0 Å². The van der Waals surface area contributed by atoms with Gasteiger partial charge in [-0.05, 0) is 35.2 Å². The Labute approximate surface area is 105 Å². The number of carboxylic acids is 1. The lowest BCUT2D eigenvalue weighted by molar-refractivity contribution is -0.138. The summed E-state index contributed by atoms with van der Waals surface area (Å²) in [5.41, 5.74) is 8.52. The molecular weight excluding hydrogens is 228 g/mol. The third kappa shape index (κ3) is 2.73. The zero-order valence-corrected chi connectivity index (χ0v) is 9.78. The summed E-state index contributed by atoms with van der Waals surface area (Å²) in [6.07, 6.45) is 3.74. The Morgan fingerprint density at radius 1 is 1.22 bits per heavy atom. The van der Waals surface area contributed by atoms with Crippen molar-refractivity contribution in [2.45, 2.75) is 12.5 Å². The molecular formula is C14H14N2O2. The third-order valence-corrected chi connectivity index (χ3v) is 2.77. The predicted octanol–water partition coefficient (Wildman–Crippen LogP) is 1.70. The summed E-state index contributed by atoms with van der Waals surface area (Å²) in [6.45, 7) is 0. The van der Waals surface area contributed by atoms with Gasteiger partial charge in [0.1, 0.15) is 6.04 Å². The van der Waals surface area contributed by atoms with Crippen LogP contribution >= 0.6 is 0 Å². The molecule has 0 unspecified atom stereocenters. The molecule has 0 saturated carbocycles. The second-order valence-electron chi connectivity index (χ2n) is 4.04. The zero-order valence-electron chi connectivity index (χ0n) is 9.78. The van der Waals surface area contributed by atoms with Crippen LogP contribution in [-0.4, -0.2) is 22.1 Å². The van der Waals surface area contributed by atoms with Crippen molar-refractivity contribution in [1.82, 2.24) is 4.98 Å². The highest BCUT2D eigenvalue weighted by Gasteiger charge is 2.14. The van der Waals surface area contributed by atoms with Crippen LogP contribution in [0.3, 0.4) is 0 Å². The number of hydrogen-bond donors (Lipinski definition) is 2. The summed E-state index contributed by atoms with van der Waals surface area (Å²) >= 11 is 0. The Kier molecular flexibility index (Phi) is 3.69. The number of nitrogens with two attached hydrogens (primary N) is 1. The molecule has 1 aromatic carbocycles. The Morgan fingerprint density at radius 3 is 2.56 bits per heavy atom. The number of nitrogens with zero attached hydrogens (tertiary/aromatic N) is 1. The van der Waals surface area contributed by atoms with Gasteiger partial charge in [-0.1, -0.05) is 24.3 Å². The highest BCUT2D eigenvalue weighted by molar-refractivity contribution is 5.75. The molecule has 2 aromatic rings. The van der Waals surface area contributed by atoms with Crippen molar-refractivity contribution in [2.75, 3.05) is 0 Å². The van der Waals surface area contributed by atoms with E-state index in [1.165, 1.54) is 0 Å². The molecule has 18 heavy (non-hydrogen) atoms. The molecule has 1 atom stereocenters. The molecule has 0 aliphatic heterocycles. The Balaban J connectivity index is 2.35. The summed E-state index contributed by atoms with van der Waals surface area (Å²) in [7, 11) is 0. The lowest BCUT2D eigenvalue weighted by Gasteiger charge is -2.11. The molecule has 0 aliphatic carbocycles. The van der Waals surface area contributed by atoms with Gasteiger partial charge in [-0.25, -0.2) is 0 Å². The zero-order chi connectivity index (χ0) is 13.0. The van der Waals surface area contributed by atoms with Gasteiger partial charge in [0.15, 0.2) is 0 Å². The first-order chi connectivity index (χ1) is 8.68. The van der Waals surface area contributed by atoms with Crippen molar-refractivity contribution in [3.63, 3.8) is 0 Å². The van der Waals surface area contributed by atoms with Crippen LogP contribution in [0.4, 0.5) is 0 Å². The first kappa shape index (κ1) is 12.3. The fraction of sp³-hybridized carbons (Fsp3) is 0.143. The molecule has 1 heterocycles. The molecule has 0 amide bonds. The topological polar surface area (TPSA) is 76.2 Å². The standard InChI is InChI=1S/C14H14N2O2/c15-13(14(17)18)9-11-3-1-2-4-12(11)10-5-7-16-8-6-10/h1-8,13H,9,15H2,(H,17,18)/t13-/m0/s1. The van der Waals surface area contributed by atoms with Gasteiger partial charge in [-0.15, -0.1) is 0 Å². The van der Waals surface area contributed by atoms with E-state index >= 15 is 0 Å². The van der Waals surface area contributed by atoms with E-state index in [0.717, 1.165) is 16.7 Å². The monoisotopic (exact) mass is 242 g/mol. The first-order valence-corrected chi connectivity index (χ1v) is 5.65. The van der Waals surface area contributed by atoms with Crippen molar-refractivity contribution in [3.05, 3.63) is 54.4 Å². The second kappa shape index (κ2) is 5.42. The van der Waals surface area contributed by atoms with E-state index in [1.807, 2.05) is 36.4 Å².